The summed E-state index contributed by atoms with van der Waals surface area (Å²) in [5.74, 6) is 0.270. The summed E-state index contributed by atoms with van der Waals surface area (Å²) >= 11 is 1.59. The number of thiazole rings is 1. The third kappa shape index (κ3) is 5.23. The second-order valence-corrected chi connectivity index (χ2v) is 7.87. The molecule has 0 atom stereocenters. The van der Waals surface area contributed by atoms with Gasteiger partial charge >= 0.3 is 5.97 Å². The van der Waals surface area contributed by atoms with E-state index in [1.54, 1.807) is 41.7 Å². The quantitative estimate of drug-likeness (QED) is 0.462. The number of nitrogens with one attached hydrogen (secondary N) is 1. The first-order valence-corrected chi connectivity index (χ1v) is 10.4. The van der Waals surface area contributed by atoms with Crippen molar-refractivity contribution in [1.29, 1.82) is 0 Å². The Labute approximate surface area is 183 Å². The first-order valence-electron chi connectivity index (χ1n) is 9.51. The summed E-state index contributed by atoms with van der Waals surface area (Å²) in [5, 5.41) is 5.67. The highest BCUT2D eigenvalue weighted by Crippen LogP contribution is 2.22. The predicted octanol–water partition coefficient (Wildman–Crippen LogP) is 4.33. The maximum atomic E-state index is 12.2. The number of nitrogens with zero attached hydrogens (tertiary/aromatic N) is 2. The van der Waals surface area contributed by atoms with Crippen molar-refractivity contribution in [2.24, 2.45) is 4.99 Å². The number of amides is 1. The van der Waals surface area contributed by atoms with Crippen molar-refractivity contribution >= 4 is 40.9 Å². The highest BCUT2D eigenvalue weighted by molar-refractivity contribution is 7.09. The lowest BCUT2D eigenvalue weighted by molar-refractivity contribution is -0.129. The lowest BCUT2D eigenvalue weighted by atomic mass is 10.2. The minimum absolute atomic E-state index is 0.155. The molecule has 8 heteroatoms. The van der Waals surface area contributed by atoms with Crippen LogP contribution in [0.3, 0.4) is 0 Å². The number of carbonyl (C=O) groups excluding carboxylic acids is 2. The lowest BCUT2D eigenvalue weighted by Crippen LogP contribution is -2.07. The van der Waals surface area contributed by atoms with Crippen molar-refractivity contribution in [3.05, 3.63) is 81.4 Å². The molecule has 7 nitrogen and oxygen atoms in total. The minimum Gasteiger partial charge on any atom is -0.487 e. The first-order chi connectivity index (χ1) is 15.0. The largest absolute Gasteiger partial charge is 0.487 e. The summed E-state index contributed by atoms with van der Waals surface area (Å²) in [6.07, 6.45) is 1.66. The normalized spacial score (nSPS) is 14.3. The number of ether oxygens (including phenoxy) is 2. The number of hydrogen-bond donors (Lipinski definition) is 1. The average molecular weight is 433 g/mol. The van der Waals surface area contributed by atoms with Gasteiger partial charge in [-0.1, -0.05) is 12.1 Å². The van der Waals surface area contributed by atoms with Gasteiger partial charge in [-0.3, -0.25) is 4.79 Å². The van der Waals surface area contributed by atoms with Gasteiger partial charge in [0.2, 0.25) is 11.8 Å². The Balaban J connectivity index is 1.43. The summed E-state index contributed by atoms with van der Waals surface area (Å²) in [7, 11) is 0. The van der Waals surface area contributed by atoms with E-state index in [9.17, 15) is 9.59 Å². The van der Waals surface area contributed by atoms with Gasteiger partial charge in [-0.25, -0.2) is 14.8 Å². The molecule has 156 valence electrons. The summed E-state index contributed by atoms with van der Waals surface area (Å²) in [5.41, 5.74) is 3.22. The molecule has 0 aliphatic carbocycles. The smallest absolute Gasteiger partial charge is 0.363 e. The standard InChI is InChI=1S/C23H19N3O4S/c1-14(27)24-18-7-5-17(6-8-18)22-26-21(23(28)30-22)11-16-3-9-20(10-4-16)29-12-19-13-31-15(2)25-19/h3-11,13H,12H2,1-2H3,(H,24,27)/b21-11-. The molecule has 0 saturated heterocycles. The number of cyclic esters (lactones) is 1. The number of benzene rings is 2. The number of hydrogen-bond acceptors (Lipinski definition) is 7. The van der Waals surface area contributed by atoms with Crippen LogP contribution in [0, 0.1) is 6.92 Å². The van der Waals surface area contributed by atoms with Crippen LogP contribution in [0.1, 0.15) is 28.8 Å². The molecule has 0 spiro atoms. The molecule has 0 saturated carbocycles. The number of rotatable bonds is 6. The van der Waals surface area contributed by atoms with E-state index in [1.165, 1.54) is 6.92 Å². The van der Waals surface area contributed by atoms with Crippen LogP contribution in [-0.4, -0.2) is 22.8 Å². The zero-order chi connectivity index (χ0) is 21.8. The SMILES string of the molecule is CC(=O)Nc1ccc(C2=N/C(=C\c3ccc(OCc4csc(C)n4)cc3)C(=O)O2)cc1. The second kappa shape index (κ2) is 8.93. The van der Waals surface area contributed by atoms with Crippen molar-refractivity contribution in [1.82, 2.24) is 4.98 Å². The molecular weight excluding hydrogens is 414 g/mol. The molecule has 1 aromatic heterocycles. The molecular formula is C23H19N3O4S. The fraction of sp³-hybridized carbons (Fsp3) is 0.130. The van der Waals surface area contributed by atoms with Gasteiger partial charge in [0.05, 0.1) is 10.7 Å². The number of anilines is 1. The molecule has 0 radical (unpaired) electrons. The Morgan fingerprint density at radius 2 is 1.90 bits per heavy atom. The van der Waals surface area contributed by atoms with Crippen LogP contribution in [0.25, 0.3) is 6.08 Å². The lowest BCUT2D eigenvalue weighted by Gasteiger charge is -2.04. The number of aliphatic imine (C=N–C) groups is 1. The van der Waals surface area contributed by atoms with Crippen LogP contribution in [0.15, 0.2) is 64.6 Å². The van der Waals surface area contributed by atoms with E-state index in [0.717, 1.165) is 16.3 Å². The Morgan fingerprint density at radius 3 is 2.55 bits per heavy atom. The van der Waals surface area contributed by atoms with Crippen LogP contribution in [0.2, 0.25) is 0 Å². The van der Waals surface area contributed by atoms with Crippen LogP contribution in [0.5, 0.6) is 5.75 Å². The fourth-order valence-corrected chi connectivity index (χ4v) is 3.48. The van der Waals surface area contributed by atoms with Gasteiger partial charge in [0.25, 0.3) is 0 Å². The summed E-state index contributed by atoms with van der Waals surface area (Å²) in [4.78, 5) is 32.0. The number of carbonyl (C=O) groups is 2. The topological polar surface area (TPSA) is 89.9 Å². The molecule has 31 heavy (non-hydrogen) atoms. The molecule has 1 aliphatic heterocycles. The minimum atomic E-state index is -0.514. The number of aryl methyl sites for hydroxylation is 1. The van der Waals surface area contributed by atoms with E-state index >= 15 is 0 Å². The average Bonchev–Trinajstić information content (AvgIpc) is 3.33. The Morgan fingerprint density at radius 1 is 1.16 bits per heavy atom. The van der Waals surface area contributed by atoms with Crippen LogP contribution < -0.4 is 10.1 Å². The maximum Gasteiger partial charge on any atom is 0.363 e. The first kappa shape index (κ1) is 20.5. The van der Waals surface area contributed by atoms with Gasteiger partial charge < -0.3 is 14.8 Å². The van der Waals surface area contributed by atoms with Crippen molar-refractivity contribution in [3.63, 3.8) is 0 Å². The number of aromatic nitrogens is 1. The molecule has 2 aromatic carbocycles. The van der Waals surface area contributed by atoms with Crippen molar-refractivity contribution in [3.8, 4) is 5.75 Å². The summed E-state index contributed by atoms with van der Waals surface area (Å²) in [6.45, 7) is 3.80. The molecule has 0 bridgehead atoms. The summed E-state index contributed by atoms with van der Waals surface area (Å²) < 4.78 is 11.0. The monoisotopic (exact) mass is 433 g/mol. The van der Waals surface area contributed by atoms with E-state index < -0.39 is 5.97 Å². The van der Waals surface area contributed by atoms with E-state index in [4.69, 9.17) is 9.47 Å². The molecule has 1 N–H and O–H groups in total. The predicted molar refractivity (Wildman–Crippen MR) is 119 cm³/mol. The van der Waals surface area contributed by atoms with E-state index in [1.807, 2.05) is 36.6 Å². The molecule has 1 aliphatic rings. The third-order valence-electron chi connectivity index (χ3n) is 4.31. The zero-order valence-electron chi connectivity index (χ0n) is 16.9. The Hall–Kier alpha value is -3.78. The van der Waals surface area contributed by atoms with Crippen molar-refractivity contribution < 1.29 is 19.1 Å². The van der Waals surface area contributed by atoms with Gasteiger partial charge in [0.1, 0.15) is 12.4 Å². The maximum absolute atomic E-state index is 12.2. The zero-order valence-corrected chi connectivity index (χ0v) is 17.7. The molecule has 0 fully saturated rings. The third-order valence-corrected chi connectivity index (χ3v) is 5.13. The van der Waals surface area contributed by atoms with Crippen LogP contribution in [-0.2, 0) is 20.9 Å². The second-order valence-electron chi connectivity index (χ2n) is 6.81. The van der Waals surface area contributed by atoms with Gasteiger partial charge in [-0.05, 0) is 55.0 Å². The number of esters is 1. The van der Waals surface area contributed by atoms with E-state index in [-0.39, 0.29) is 17.5 Å². The van der Waals surface area contributed by atoms with Crippen LogP contribution >= 0.6 is 11.3 Å². The molecule has 2 heterocycles. The van der Waals surface area contributed by atoms with E-state index in [0.29, 0.717) is 23.6 Å². The van der Waals surface area contributed by atoms with Crippen molar-refractivity contribution in [2.75, 3.05) is 5.32 Å². The Bertz CT molecular complexity index is 1180. The molecule has 4 rings (SSSR count). The summed E-state index contributed by atoms with van der Waals surface area (Å²) in [6, 6.07) is 14.3. The molecule has 0 unspecified atom stereocenters. The van der Waals surface area contributed by atoms with Gasteiger partial charge in [0.15, 0.2) is 5.70 Å². The Kier molecular flexibility index (Phi) is 5.90. The van der Waals surface area contributed by atoms with Gasteiger partial charge in [-0.15, -0.1) is 11.3 Å². The molecule has 3 aromatic rings. The van der Waals surface area contributed by atoms with Gasteiger partial charge in [0, 0.05) is 23.6 Å². The van der Waals surface area contributed by atoms with E-state index in [2.05, 4.69) is 15.3 Å². The highest BCUT2D eigenvalue weighted by atomic mass is 32.1. The van der Waals surface area contributed by atoms with Gasteiger partial charge in [-0.2, -0.15) is 0 Å². The van der Waals surface area contributed by atoms with Crippen molar-refractivity contribution in [2.45, 2.75) is 20.5 Å². The van der Waals surface area contributed by atoms with Crippen LogP contribution in [0.4, 0.5) is 5.69 Å². The molecule has 1 amide bonds. The highest BCUT2D eigenvalue weighted by Gasteiger charge is 2.24. The fourth-order valence-electron chi connectivity index (χ4n) is 2.88.